The number of hydrogen-bond donors (Lipinski definition) is 3. The summed E-state index contributed by atoms with van der Waals surface area (Å²) in [4.78, 5) is 23.8. The number of anilines is 1. The van der Waals surface area contributed by atoms with Crippen molar-refractivity contribution in [1.82, 2.24) is 10.6 Å². The molecule has 0 aliphatic carbocycles. The highest BCUT2D eigenvalue weighted by molar-refractivity contribution is 6.31. The maximum absolute atomic E-state index is 12.0. The minimum atomic E-state index is -0.190. The largest absolute Gasteiger partial charge is 0.495 e. The van der Waals surface area contributed by atoms with Crippen LogP contribution in [0.3, 0.4) is 0 Å². The number of halogens is 2. The van der Waals surface area contributed by atoms with Crippen LogP contribution in [0, 0.1) is 6.92 Å². The summed E-state index contributed by atoms with van der Waals surface area (Å²) in [5, 5.41) is 9.26. The highest BCUT2D eigenvalue weighted by Crippen LogP contribution is 2.30. The van der Waals surface area contributed by atoms with Gasteiger partial charge in [-0.1, -0.05) is 11.6 Å². The standard InChI is InChI=1S/C16H22ClN3O3.ClH/c1-10-8-13(14(23-2)9-11(10)17)20-15(21)5-7-19-16(22)12-4-3-6-18-12;/h8-9,12,18H,3-7H2,1-2H3,(H,19,22)(H,20,21);1H. The van der Waals surface area contributed by atoms with Crippen LogP contribution in [-0.4, -0.2) is 38.1 Å². The Morgan fingerprint density at radius 3 is 2.79 bits per heavy atom. The van der Waals surface area contributed by atoms with Crippen LogP contribution in [0.2, 0.25) is 5.02 Å². The molecular weight excluding hydrogens is 353 g/mol. The van der Waals surface area contributed by atoms with Crippen LogP contribution in [-0.2, 0) is 9.59 Å². The normalized spacial score (nSPS) is 16.2. The molecule has 6 nitrogen and oxygen atoms in total. The van der Waals surface area contributed by atoms with E-state index in [1.165, 1.54) is 7.11 Å². The first-order chi connectivity index (χ1) is 11.0. The number of amides is 2. The number of nitrogens with one attached hydrogen (secondary N) is 3. The first-order valence-corrected chi connectivity index (χ1v) is 8.04. The molecule has 1 heterocycles. The van der Waals surface area contributed by atoms with Crippen LogP contribution in [0.1, 0.15) is 24.8 Å². The van der Waals surface area contributed by atoms with Crippen molar-refractivity contribution in [2.45, 2.75) is 32.2 Å². The highest BCUT2D eigenvalue weighted by Gasteiger charge is 2.21. The Balaban J connectivity index is 0.00000288. The third-order valence-corrected chi connectivity index (χ3v) is 4.19. The van der Waals surface area contributed by atoms with Crippen molar-refractivity contribution in [3.05, 3.63) is 22.7 Å². The van der Waals surface area contributed by atoms with E-state index >= 15 is 0 Å². The first kappa shape index (κ1) is 20.5. The van der Waals surface area contributed by atoms with Crippen LogP contribution < -0.4 is 20.7 Å². The summed E-state index contributed by atoms with van der Waals surface area (Å²) >= 11 is 6.04. The third kappa shape index (κ3) is 5.54. The summed E-state index contributed by atoms with van der Waals surface area (Å²) in [5.41, 5.74) is 1.42. The average Bonchev–Trinajstić information content (AvgIpc) is 3.05. The second-order valence-electron chi connectivity index (χ2n) is 5.54. The zero-order chi connectivity index (χ0) is 16.8. The molecule has 0 bridgehead atoms. The molecule has 24 heavy (non-hydrogen) atoms. The van der Waals surface area contributed by atoms with Crippen molar-refractivity contribution < 1.29 is 14.3 Å². The van der Waals surface area contributed by atoms with E-state index < -0.39 is 0 Å². The number of carbonyl (C=O) groups is 2. The van der Waals surface area contributed by atoms with Gasteiger partial charge in [0.25, 0.3) is 0 Å². The molecule has 1 aromatic carbocycles. The molecule has 2 rings (SSSR count). The van der Waals surface area contributed by atoms with E-state index in [1.807, 2.05) is 6.92 Å². The lowest BCUT2D eigenvalue weighted by atomic mass is 10.2. The molecule has 1 aliphatic heterocycles. The summed E-state index contributed by atoms with van der Waals surface area (Å²) in [6.07, 6.45) is 2.05. The van der Waals surface area contributed by atoms with Gasteiger partial charge in [-0.2, -0.15) is 0 Å². The number of rotatable bonds is 6. The zero-order valence-electron chi connectivity index (χ0n) is 13.8. The number of hydrogen-bond acceptors (Lipinski definition) is 4. The summed E-state index contributed by atoms with van der Waals surface area (Å²) < 4.78 is 5.22. The van der Waals surface area contributed by atoms with Gasteiger partial charge in [-0.15, -0.1) is 12.4 Å². The summed E-state index contributed by atoms with van der Waals surface area (Å²) in [5.74, 6) is 0.271. The molecule has 1 atom stereocenters. The predicted octanol–water partition coefficient (Wildman–Crippen LogP) is 2.28. The van der Waals surface area contributed by atoms with Crippen LogP contribution >= 0.6 is 24.0 Å². The fourth-order valence-corrected chi connectivity index (χ4v) is 2.63. The van der Waals surface area contributed by atoms with Gasteiger partial charge in [0.2, 0.25) is 11.8 Å². The second-order valence-corrected chi connectivity index (χ2v) is 5.95. The van der Waals surface area contributed by atoms with Gasteiger partial charge in [0.1, 0.15) is 5.75 Å². The number of carbonyl (C=O) groups excluding carboxylic acids is 2. The van der Waals surface area contributed by atoms with E-state index in [2.05, 4.69) is 16.0 Å². The molecular formula is C16H23Cl2N3O3. The molecule has 0 spiro atoms. The zero-order valence-corrected chi connectivity index (χ0v) is 15.4. The molecule has 1 unspecified atom stereocenters. The molecule has 1 saturated heterocycles. The van der Waals surface area contributed by atoms with Gasteiger partial charge in [-0.3, -0.25) is 9.59 Å². The van der Waals surface area contributed by atoms with Crippen LogP contribution in [0.15, 0.2) is 12.1 Å². The second kappa shape index (κ2) is 9.71. The van der Waals surface area contributed by atoms with E-state index in [0.29, 0.717) is 23.0 Å². The van der Waals surface area contributed by atoms with Gasteiger partial charge in [-0.25, -0.2) is 0 Å². The number of ether oxygens (including phenoxy) is 1. The molecule has 0 saturated carbocycles. The molecule has 3 N–H and O–H groups in total. The average molecular weight is 376 g/mol. The molecule has 2 amide bonds. The van der Waals surface area contributed by atoms with Crippen molar-refractivity contribution in [2.75, 3.05) is 25.5 Å². The van der Waals surface area contributed by atoms with Crippen molar-refractivity contribution in [2.24, 2.45) is 0 Å². The Labute approximate surface area is 153 Å². The fourth-order valence-electron chi connectivity index (χ4n) is 2.47. The Kier molecular flexibility index (Phi) is 8.31. The predicted molar refractivity (Wildman–Crippen MR) is 97.3 cm³/mol. The molecule has 134 valence electrons. The Bertz CT molecular complexity index is 590. The van der Waals surface area contributed by atoms with Crippen molar-refractivity contribution in [1.29, 1.82) is 0 Å². The number of benzene rings is 1. The highest BCUT2D eigenvalue weighted by atomic mass is 35.5. The lowest BCUT2D eigenvalue weighted by Crippen LogP contribution is -2.41. The molecule has 1 fully saturated rings. The van der Waals surface area contributed by atoms with Crippen LogP contribution in [0.5, 0.6) is 5.75 Å². The van der Waals surface area contributed by atoms with Gasteiger partial charge in [-0.05, 0) is 37.9 Å². The molecule has 8 heteroatoms. The minimum Gasteiger partial charge on any atom is -0.495 e. The monoisotopic (exact) mass is 375 g/mol. The quantitative estimate of drug-likeness (QED) is 0.712. The minimum absolute atomic E-state index is 0. The first-order valence-electron chi connectivity index (χ1n) is 7.66. The van der Waals surface area contributed by atoms with Gasteiger partial charge in [0, 0.05) is 24.1 Å². The number of methoxy groups -OCH3 is 1. The van der Waals surface area contributed by atoms with E-state index in [-0.39, 0.29) is 36.7 Å². The van der Waals surface area contributed by atoms with Gasteiger partial charge < -0.3 is 20.7 Å². The fraction of sp³-hybridized carbons (Fsp3) is 0.500. The van der Waals surface area contributed by atoms with E-state index in [0.717, 1.165) is 24.9 Å². The van der Waals surface area contributed by atoms with E-state index in [9.17, 15) is 9.59 Å². The number of aryl methyl sites for hydroxylation is 1. The SMILES string of the molecule is COc1cc(Cl)c(C)cc1NC(=O)CCNC(=O)C1CCCN1.Cl. The Morgan fingerprint density at radius 1 is 1.42 bits per heavy atom. The molecule has 0 aromatic heterocycles. The van der Waals surface area contributed by atoms with Gasteiger partial charge in [0.05, 0.1) is 18.8 Å². The summed E-state index contributed by atoms with van der Waals surface area (Å²) in [6, 6.07) is 3.30. The van der Waals surface area contributed by atoms with Gasteiger partial charge >= 0.3 is 0 Å². The van der Waals surface area contributed by atoms with E-state index in [1.54, 1.807) is 12.1 Å². The van der Waals surface area contributed by atoms with Crippen LogP contribution in [0.25, 0.3) is 0 Å². The molecule has 0 radical (unpaired) electrons. The van der Waals surface area contributed by atoms with Gasteiger partial charge in [0.15, 0.2) is 0 Å². The summed E-state index contributed by atoms with van der Waals surface area (Å²) in [7, 11) is 1.52. The molecule has 1 aromatic rings. The molecule has 1 aliphatic rings. The Hall–Kier alpha value is -1.50. The summed E-state index contributed by atoms with van der Waals surface area (Å²) in [6.45, 7) is 3.03. The van der Waals surface area contributed by atoms with Crippen LogP contribution in [0.4, 0.5) is 5.69 Å². The third-order valence-electron chi connectivity index (χ3n) is 3.78. The maximum atomic E-state index is 12.0. The van der Waals surface area contributed by atoms with Crippen molar-refractivity contribution in [3.63, 3.8) is 0 Å². The lowest BCUT2D eigenvalue weighted by molar-refractivity contribution is -0.122. The maximum Gasteiger partial charge on any atom is 0.237 e. The van der Waals surface area contributed by atoms with Crippen molar-refractivity contribution >= 4 is 41.5 Å². The lowest BCUT2D eigenvalue weighted by Gasteiger charge is -2.13. The van der Waals surface area contributed by atoms with Crippen molar-refractivity contribution in [3.8, 4) is 5.75 Å². The Morgan fingerprint density at radius 2 is 2.17 bits per heavy atom. The smallest absolute Gasteiger partial charge is 0.237 e. The van der Waals surface area contributed by atoms with E-state index in [4.69, 9.17) is 16.3 Å². The topological polar surface area (TPSA) is 79.5 Å².